The second kappa shape index (κ2) is 6.26. The van der Waals surface area contributed by atoms with E-state index in [0.29, 0.717) is 12.0 Å². The van der Waals surface area contributed by atoms with Gasteiger partial charge in [-0.05, 0) is 52.0 Å². The first-order valence-electron chi connectivity index (χ1n) is 7.72. The number of hydrogen-bond acceptors (Lipinski definition) is 5. The van der Waals surface area contributed by atoms with Crippen LogP contribution in [0.5, 0.6) is 0 Å². The predicted molar refractivity (Wildman–Crippen MR) is 87.8 cm³/mol. The number of nitrogens with zero attached hydrogens (tertiary/aromatic N) is 3. The summed E-state index contributed by atoms with van der Waals surface area (Å²) < 4.78 is 0. The monoisotopic (exact) mass is 285 g/mol. The topological polar surface area (TPSA) is 53.1 Å². The molecule has 0 radical (unpaired) electrons. The molecule has 1 aliphatic heterocycles. The van der Waals surface area contributed by atoms with Crippen molar-refractivity contribution in [1.29, 1.82) is 0 Å². The molecular formula is C16H23N5. The number of nitrogens with one attached hydrogen (secondary N) is 2. The molecule has 21 heavy (non-hydrogen) atoms. The zero-order valence-electron chi connectivity index (χ0n) is 12.8. The highest BCUT2D eigenvalue weighted by atomic mass is 15.2. The molecule has 2 aromatic rings. The van der Waals surface area contributed by atoms with Crippen molar-refractivity contribution in [3.63, 3.8) is 0 Å². The molecule has 1 aromatic carbocycles. The summed E-state index contributed by atoms with van der Waals surface area (Å²) in [7, 11) is 2.18. The van der Waals surface area contributed by atoms with Crippen LogP contribution in [0.2, 0.25) is 0 Å². The third-order valence-electron chi connectivity index (χ3n) is 4.00. The van der Waals surface area contributed by atoms with Gasteiger partial charge in [0, 0.05) is 18.0 Å². The highest BCUT2D eigenvalue weighted by Crippen LogP contribution is 2.24. The van der Waals surface area contributed by atoms with E-state index in [1.807, 2.05) is 18.2 Å². The number of piperidine rings is 1. The summed E-state index contributed by atoms with van der Waals surface area (Å²) in [4.78, 5) is 11.6. The summed E-state index contributed by atoms with van der Waals surface area (Å²) in [6.07, 6.45) is 2.32. The Morgan fingerprint density at radius 2 is 1.95 bits per heavy atom. The lowest BCUT2D eigenvalue weighted by Crippen LogP contribution is -2.37. The Labute approximate surface area is 125 Å². The molecule has 5 heteroatoms. The van der Waals surface area contributed by atoms with Gasteiger partial charge in [0.25, 0.3) is 0 Å². The molecule has 0 saturated carbocycles. The predicted octanol–water partition coefficient (Wildman–Crippen LogP) is 2.57. The van der Waals surface area contributed by atoms with Gasteiger partial charge in [-0.2, -0.15) is 4.98 Å². The molecule has 1 saturated heterocycles. The van der Waals surface area contributed by atoms with Crippen LogP contribution >= 0.6 is 0 Å². The minimum absolute atomic E-state index is 0.494. The molecule has 1 fully saturated rings. The molecule has 0 amide bonds. The van der Waals surface area contributed by atoms with E-state index in [1.165, 1.54) is 0 Å². The number of benzene rings is 1. The van der Waals surface area contributed by atoms with E-state index in [9.17, 15) is 0 Å². The fraction of sp³-hybridized carbons (Fsp3) is 0.500. The Hall–Kier alpha value is -1.88. The lowest BCUT2D eigenvalue weighted by Gasteiger charge is -2.30. The number of fused-ring (bicyclic) bond motifs is 1. The van der Waals surface area contributed by atoms with Gasteiger partial charge in [0.1, 0.15) is 5.82 Å². The van der Waals surface area contributed by atoms with E-state index < -0.39 is 0 Å². The number of rotatable bonds is 4. The molecule has 0 unspecified atom stereocenters. The van der Waals surface area contributed by atoms with E-state index in [1.54, 1.807) is 0 Å². The van der Waals surface area contributed by atoms with Gasteiger partial charge in [-0.3, -0.25) is 0 Å². The number of hydrogen-bond donors (Lipinski definition) is 2. The largest absolute Gasteiger partial charge is 0.367 e. The average Bonchev–Trinajstić information content (AvgIpc) is 2.50. The van der Waals surface area contributed by atoms with Gasteiger partial charge >= 0.3 is 0 Å². The summed E-state index contributed by atoms with van der Waals surface area (Å²) >= 11 is 0. The summed E-state index contributed by atoms with van der Waals surface area (Å²) in [5.74, 6) is 1.65. The molecule has 0 spiro atoms. The maximum atomic E-state index is 4.66. The van der Waals surface area contributed by atoms with Crippen molar-refractivity contribution in [2.75, 3.05) is 37.3 Å². The molecule has 112 valence electrons. The van der Waals surface area contributed by atoms with Crippen LogP contribution < -0.4 is 10.6 Å². The van der Waals surface area contributed by atoms with Crippen molar-refractivity contribution in [2.45, 2.75) is 25.8 Å². The molecule has 5 nitrogen and oxygen atoms in total. The van der Waals surface area contributed by atoms with Crippen LogP contribution in [-0.4, -0.2) is 47.6 Å². The number of para-hydroxylation sites is 1. The molecule has 2 N–H and O–H groups in total. The summed E-state index contributed by atoms with van der Waals surface area (Å²) in [5.41, 5.74) is 0.985. The van der Waals surface area contributed by atoms with Crippen LogP contribution in [0.25, 0.3) is 10.9 Å². The Morgan fingerprint density at radius 3 is 2.71 bits per heavy atom. The number of anilines is 2. The lowest BCUT2D eigenvalue weighted by atomic mass is 10.1. The third kappa shape index (κ3) is 3.24. The van der Waals surface area contributed by atoms with Crippen LogP contribution in [0.1, 0.15) is 19.8 Å². The molecule has 1 aromatic heterocycles. The third-order valence-corrected chi connectivity index (χ3v) is 4.00. The number of likely N-dealkylation sites (tertiary alicyclic amines) is 1. The van der Waals surface area contributed by atoms with Crippen LogP contribution in [-0.2, 0) is 0 Å². The Kier molecular flexibility index (Phi) is 4.20. The SMILES string of the molecule is CCNc1nc(NC2CCN(C)CC2)c2ccccc2n1. The zero-order valence-corrected chi connectivity index (χ0v) is 12.8. The molecule has 0 atom stereocenters. The molecule has 1 aliphatic rings. The fourth-order valence-electron chi connectivity index (χ4n) is 2.77. The summed E-state index contributed by atoms with van der Waals surface area (Å²) in [6, 6.07) is 8.68. The van der Waals surface area contributed by atoms with Crippen molar-refractivity contribution >= 4 is 22.7 Å². The van der Waals surface area contributed by atoms with Crippen LogP contribution in [0.4, 0.5) is 11.8 Å². The van der Waals surface area contributed by atoms with Crippen molar-refractivity contribution in [1.82, 2.24) is 14.9 Å². The van der Waals surface area contributed by atoms with Gasteiger partial charge in [-0.1, -0.05) is 12.1 Å². The molecule has 0 bridgehead atoms. The van der Waals surface area contributed by atoms with E-state index in [0.717, 1.165) is 49.2 Å². The average molecular weight is 285 g/mol. The minimum atomic E-state index is 0.494. The molecule has 3 rings (SSSR count). The highest BCUT2D eigenvalue weighted by Gasteiger charge is 2.18. The molecular weight excluding hydrogens is 262 g/mol. The normalized spacial score (nSPS) is 17.0. The van der Waals surface area contributed by atoms with Crippen LogP contribution in [0.15, 0.2) is 24.3 Å². The summed E-state index contributed by atoms with van der Waals surface area (Å²) in [6.45, 7) is 5.16. The maximum Gasteiger partial charge on any atom is 0.225 e. The van der Waals surface area contributed by atoms with Crippen molar-refractivity contribution in [2.24, 2.45) is 0 Å². The van der Waals surface area contributed by atoms with Crippen LogP contribution in [0, 0.1) is 0 Å². The van der Waals surface area contributed by atoms with Crippen molar-refractivity contribution in [3.05, 3.63) is 24.3 Å². The first-order chi connectivity index (χ1) is 10.3. The van der Waals surface area contributed by atoms with E-state index >= 15 is 0 Å². The van der Waals surface area contributed by atoms with Crippen molar-refractivity contribution < 1.29 is 0 Å². The molecule has 2 heterocycles. The van der Waals surface area contributed by atoms with E-state index in [-0.39, 0.29) is 0 Å². The Morgan fingerprint density at radius 1 is 1.19 bits per heavy atom. The van der Waals surface area contributed by atoms with Gasteiger partial charge in [0.2, 0.25) is 5.95 Å². The zero-order chi connectivity index (χ0) is 14.7. The second-order valence-corrected chi connectivity index (χ2v) is 5.67. The van der Waals surface area contributed by atoms with Gasteiger partial charge in [0.05, 0.1) is 5.52 Å². The van der Waals surface area contributed by atoms with Gasteiger partial charge in [-0.15, -0.1) is 0 Å². The minimum Gasteiger partial charge on any atom is -0.367 e. The van der Waals surface area contributed by atoms with Gasteiger partial charge in [0.15, 0.2) is 0 Å². The fourth-order valence-corrected chi connectivity index (χ4v) is 2.77. The Balaban J connectivity index is 1.88. The second-order valence-electron chi connectivity index (χ2n) is 5.67. The van der Waals surface area contributed by atoms with Crippen LogP contribution in [0.3, 0.4) is 0 Å². The first-order valence-corrected chi connectivity index (χ1v) is 7.72. The molecule has 0 aliphatic carbocycles. The first kappa shape index (κ1) is 14.1. The standard InChI is InChI=1S/C16H23N5/c1-3-17-16-19-14-7-5-4-6-13(14)15(20-16)18-12-8-10-21(2)11-9-12/h4-7,12H,3,8-11H2,1-2H3,(H2,17,18,19,20). The van der Waals surface area contributed by atoms with Gasteiger partial charge in [-0.25, -0.2) is 4.98 Å². The quantitative estimate of drug-likeness (QED) is 0.904. The van der Waals surface area contributed by atoms with Gasteiger partial charge < -0.3 is 15.5 Å². The smallest absolute Gasteiger partial charge is 0.225 e. The lowest BCUT2D eigenvalue weighted by molar-refractivity contribution is 0.264. The maximum absolute atomic E-state index is 4.66. The van der Waals surface area contributed by atoms with E-state index in [2.05, 4.69) is 45.5 Å². The highest BCUT2D eigenvalue weighted by molar-refractivity contribution is 5.90. The Bertz CT molecular complexity index is 605. The van der Waals surface area contributed by atoms with E-state index in [4.69, 9.17) is 0 Å². The summed E-state index contributed by atoms with van der Waals surface area (Å²) in [5, 5.41) is 7.93. The van der Waals surface area contributed by atoms with Crippen molar-refractivity contribution in [3.8, 4) is 0 Å². The number of aromatic nitrogens is 2.